The third kappa shape index (κ3) is 3.58. The average Bonchev–Trinajstić information content (AvgIpc) is 3.42. The van der Waals surface area contributed by atoms with E-state index < -0.39 is 12.1 Å². The summed E-state index contributed by atoms with van der Waals surface area (Å²) in [4.78, 5) is 15.0. The largest absolute Gasteiger partial charge is 0.494 e. The van der Waals surface area contributed by atoms with Crippen LogP contribution in [-0.4, -0.2) is 52.7 Å². The summed E-state index contributed by atoms with van der Waals surface area (Å²) in [6.45, 7) is 0.787. The lowest BCUT2D eigenvalue weighted by Crippen LogP contribution is -2.23. The Hall–Kier alpha value is -3.08. The van der Waals surface area contributed by atoms with Crippen molar-refractivity contribution in [2.45, 2.75) is 12.6 Å². The van der Waals surface area contributed by atoms with Crippen molar-refractivity contribution < 1.29 is 18.3 Å². The van der Waals surface area contributed by atoms with Gasteiger partial charge in [0, 0.05) is 12.6 Å². The monoisotopic (exact) mass is 390 g/mol. The van der Waals surface area contributed by atoms with E-state index in [1.54, 1.807) is 11.0 Å². The number of alkyl halides is 1. The molecule has 0 unspecified atom stereocenters. The molecule has 1 aliphatic rings. The lowest BCUT2D eigenvalue weighted by molar-refractivity contribution is 0.101. The fourth-order valence-electron chi connectivity index (χ4n) is 2.69. The highest BCUT2D eigenvalue weighted by Crippen LogP contribution is 2.27. The molecule has 0 saturated carbocycles. The van der Waals surface area contributed by atoms with Crippen LogP contribution in [0.4, 0.5) is 16.2 Å². The smallest absolute Gasteiger partial charge is 0.322 e. The molecule has 27 heavy (non-hydrogen) atoms. The predicted octanol–water partition coefficient (Wildman–Crippen LogP) is 2.40. The third-order valence-corrected chi connectivity index (χ3v) is 4.87. The van der Waals surface area contributed by atoms with Crippen LogP contribution in [0, 0.1) is 0 Å². The Balaban J connectivity index is 1.51. The van der Waals surface area contributed by atoms with Gasteiger partial charge in [-0.2, -0.15) is 0 Å². The molecule has 0 spiro atoms. The summed E-state index contributed by atoms with van der Waals surface area (Å²) in [5.74, 6) is 0.389. The van der Waals surface area contributed by atoms with Gasteiger partial charge in [-0.1, -0.05) is 11.2 Å². The molecule has 1 atom stereocenters. The van der Waals surface area contributed by atoms with E-state index in [4.69, 9.17) is 9.15 Å². The number of carbonyl (C=O) groups is 1. The summed E-state index contributed by atoms with van der Waals surface area (Å²) in [6, 6.07) is 5.19. The van der Waals surface area contributed by atoms with Crippen molar-refractivity contribution in [3.63, 3.8) is 0 Å². The topological polar surface area (TPSA) is 106 Å². The van der Waals surface area contributed by atoms with Crippen LogP contribution in [0.25, 0.3) is 10.8 Å². The van der Waals surface area contributed by atoms with E-state index in [0.29, 0.717) is 24.7 Å². The highest BCUT2D eigenvalue weighted by Gasteiger charge is 2.25. The van der Waals surface area contributed by atoms with E-state index >= 15 is 0 Å². The number of hydrogen-bond acceptors (Lipinski definition) is 9. The molecule has 3 aromatic heterocycles. The Morgan fingerprint density at radius 3 is 3.00 bits per heavy atom. The SMILES string of the molecule is COc1cc(N2CC[C@H](F)C2)nnc1C(=O)Nc1nnc(-c2cccs2)o1. The molecule has 9 nitrogen and oxygen atoms in total. The van der Waals surface area contributed by atoms with Crippen molar-refractivity contribution in [1.29, 1.82) is 0 Å². The number of methoxy groups -OCH3 is 1. The lowest BCUT2D eigenvalue weighted by atomic mass is 10.3. The van der Waals surface area contributed by atoms with Crippen LogP contribution in [0.15, 0.2) is 28.0 Å². The molecule has 11 heteroatoms. The van der Waals surface area contributed by atoms with Crippen LogP contribution in [0.5, 0.6) is 5.75 Å². The van der Waals surface area contributed by atoms with E-state index in [1.807, 2.05) is 17.5 Å². The molecular weight excluding hydrogens is 375 g/mol. The first-order valence-corrected chi connectivity index (χ1v) is 9.01. The number of anilines is 2. The molecule has 4 heterocycles. The molecule has 1 saturated heterocycles. The van der Waals surface area contributed by atoms with Gasteiger partial charge in [0.25, 0.3) is 11.8 Å². The molecule has 1 aliphatic heterocycles. The fourth-order valence-corrected chi connectivity index (χ4v) is 3.33. The van der Waals surface area contributed by atoms with Crippen LogP contribution in [-0.2, 0) is 0 Å². The molecular formula is C16H15FN6O3S. The fraction of sp³-hybridized carbons (Fsp3) is 0.312. The number of thiophene rings is 1. The highest BCUT2D eigenvalue weighted by molar-refractivity contribution is 7.13. The van der Waals surface area contributed by atoms with Gasteiger partial charge in [-0.05, 0) is 17.9 Å². The summed E-state index contributed by atoms with van der Waals surface area (Å²) in [6.07, 6.45) is -0.452. The molecule has 1 fully saturated rings. The van der Waals surface area contributed by atoms with Crippen LogP contribution in [0.2, 0.25) is 0 Å². The van der Waals surface area contributed by atoms with E-state index in [0.717, 1.165) is 4.88 Å². The number of carbonyl (C=O) groups excluding carboxylic acids is 1. The van der Waals surface area contributed by atoms with Gasteiger partial charge in [0.1, 0.15) is 6.17 Å². The van der Waals surface area contributed by atoms with Gasteiger partial charge < -0.3 is 14.1 Å². The van der Waals surface area contributed by atoms with Crippen LogP contribution >= 0.6 is 11.3 Å². The number of nitrogens with zero attached hydrogens (tertiary/aromatic N) is 5. The summed E-state index contributed by atoms with van der Waals surface area (Å²) in [5, 5.41) is 20.0. The van der Waals surface area contributed by atoms with Crippen molar-refractivity contribution in [2.24, 2.45) is 0 Å². The number of rotatable bonds is 5. The van der Waals surface area contributed by atoms with Crippen molar-refractivity contribution in [2.75, 3.05) is 30.4 Å². The quantitative estimate of drug-likeness (QED) is 0.708. The van der Waals surface area contributed by atoms with Crippen LogP contribution in [0.3, 0.4) is 0 Å². The van der Waals surface area contributed by atoms with Crippen molar-refractivity contribution in [3.05, 3.63) is 29.3 Å². The molecule has 0 bridgehead atoms. The molecule has 0 aliphatic carbocycles. The molecule has 3 aromatic rings. The zero-order chi connectivity index (χ0) is 18.8. The second-order valence-electron chi connectivity index (χ2n) is 5.80. The third-order valence-electron chi connectivity index (χ3n) is 4.01. The number of ether oxygens (including phenoxy) is 1. The number of aromatic nitrogens is 4. The first kappa shape index (κ1) is 17.3. The standard InChI is InChI=1S/C16H15FN6O3S/c1-25-10-7-12(23-5-4-9(17)8-23)19-20-13(10)14(24)18-16-22-21-15(26-16)11-3-2-6-27-11/h2-3,6-7,9H,4-5,8H2,1H3,(H,18,22,24)/t9-/m0/s1. The minimum absolute atomic E-state index is 0.0341. The molecule has 4 rings (SSSR count). The Bertz CT molecular complexity index is 948. The summed E-state index contributed by atoms with van der Waals surface area (Å²) in [5.41, 5.74) is -0.0341. The molecule has 140 valence electrons. The van der Waals surface area contributed by atoms with E-state index in [-0.39, 0.29) is 24.0 Å². The molecule has 1 N–H and O–H groups in total. The first-order chi connectivity index (χ1) is 13.1. The van der Waals surface area contributed by atoms with Gasteiger partial charge in [-0.25, -0.2) is 4.39 Å². The van der Waals surface area contributed by atoms with Gasteiger partial charge in [0.05, 0.1) is 18.5 Å². The molecule has 0 radical (unpaired) electrons. The van der Waals surface area contributed by atoms with Gasteiger partial charge in [0.15, 0.2) is 17.3 Å². The highest BCUT2D eigenvalue weighted by atomic mass is 32.1. The Kier molecular flexibility index (Phi) is 4.67. The zero-order valence-corrected chi connectivity index (χ0v) is 15.1. The average molecular weight is 390 g/mol. The summed E-state index contributed by atoms with van der Waals surface area (Å²) in [7, 11) is 1.42. The second kappa shape index (κ2) is 7.27. The zero-order valence-electron chi connectivity index (χ0n) is 14.3. The predicted molar refractivity (Wildman–Crippen MR) is 95.9 cm³/mol. The maximum absolute atomic E-state index is 13.4. The Morgan fingerprint density at radius 2 is 2.30 bits per heavy atom. The number of amides is 1. The summed E-state index contributed by atoms with van der Waals surface area (Å²) < 4.78 is 24.1. The van der Waals surface area contributed by atoms with E-state index in [2.05, 4.69) is 25.7 Å². The number of halogens is 1. The minimum Gasteiger partial charge on any atom is -0.494 e. The van der Waals surface area contributed by atoms with Crippen LogP contribution < -0.4 is 15.0 Å². The van der Waals surface area contributed by atoms with Crippen molar-refractivity contribution in [3.8, 4) is 16.5 Å². The van der Waals surface area contributed by atoms with Gasteiger partial charge in [0.2, 0.25) is 0 Å². The first-order valence-electron chi connectivity index (χ1n) is 8.13. The summed E-state index contributed by atoms with van der Waals surface area (Å²) >= 11 is 1.44. The van der Waals surface area contributed by atoms with E-state index in [1.165, 1.54) is 18.4 Å². The van der Waals surface area contributed by atoms with Crippen molar-refractivity contribution in [1.82, 2.24) is 20.4 Å². The van der Waals surface area contributed by atoms with Gasteiger partial charge in [-0.15, -0.1) is 26.6 Å². The van der Waals surface area contributed by atoms with E-state index in [9.17, 15) is 9.18 Å². The normalized spacial score (nSPS) is 16.5. The Morgan fingerprint density at radius 1 is 1.41 bits per heavy atom. The number of hydrogen-bond donors (Lipinski definition) is 1. The van der Waals surface area contributed by atoms with Gasteiger partial charge in [-0.3, -0.25) is 10.1 Å². The van der Waals surface area contributed by atoms with Crippen LogP contribution in [0.1, 0.15) is 16.9 Å². The molecule has 1 amide bonds. The van der Waals surface area contributed by atoms with Crippen molar-refractivity contribution >= 4 is 29.1 Å². The maximum Gasteiger partial charge on any atom is 0.322 e. The second-order valence-corrected chi connectivity index (χ2v) is 6.74. The minimum atomic E-state index is -0.893. The molecule has 0 aromatic carbocycles. The lowest BCUT2D eigenvalue weighted by Gasteiger charge is -2.16. The maximum atomic E-state index is 13.4. The van der Waals surface area contributed by atoms with Gasteiger partial charge >= 0.3 is 6.01 Å². The Labute approximate surface area is 157 Å². The number of nitrogens with one attached hydrogen (secondary N) is 1.